The fourth-order valence-corrected chi connectivity index (χ4v) is 5.61. The lowest BCUT2D eigenvalue weighted by Gasteiger charge is -2.21. The Hall–Kier alpha value is -0.830. The number of hydrogen-bond acceptors (Lipinski definition) is 2. The molecule has 0 N–H and O–H groups in total. The predicted octanol–water partition coefficient (Wildman–Crippen LogP) is 2.96. The van der Waals surface area contributed by atoms with Gasteiger partial charge in [-0.15, -0.1) is 0 Å². The van der Waals surface area contributed by atoms with Crippen LogP contribution in [0.3, 0.4) is 0 Å². The van der Waals surface area contributed by atoms with Gasteiger partial charge in [-0.2, -0.15) is 0 Å². The van der Waals surface area contributed by atoms with Gasteiger partial charge in [0.25, 0.3) is 0 Å². The SMILES string of the molecule is Cc1ccc(S(=O)(=O)[C@@H]2C[C@H]3CC[C@@H]2C3)cc1. The second-order valence-corrected chi connectivity index (χ2v) is 7.74. The van der Waals surface area contributed by atoms with E-state index in [0.29, 0.717) is 16.7 Å². The van der Waals surface area contributed by atoms with Gasteiger partial charge >= 0.3 is 0 Å². The maximum atomic E-state index is 12.5. The molecule has 0 saturated heterocycles. The van der Waals surface area contributed by atoms with Crippen LogP contribution in [0.15, 0.2) is 29.2 Å². The molecule has 0 heterocycles. The van der Waals surface area contributed by atoms with Crippen LogP contribution in [0, 0.1) is 18.8 Å². The molecule has 1 aromatic rings. The maximum absolute atomic E-state index is 12.5. The molecule has 0 spiro atoms. The molecule has 0 unspecified atom stereocenters. The summed E-state index contributed by atoms with van der Waals surface area (Å²) in [6.45, 7) is 1.98. The molecule has 2 bridgehead atoms. The Morgan fingerprint density at radius 2 is 1.76 bits per heavy atom. The number of fused-ring (bicyclic) bond motifs is 2. The van der Waals surface area contributed by atoms with Crippen LogP contribution in [-0.2, 0) is 9.84 Å². The van der Waals surface area contributed by atoms with E-state index in [4.69, 9.17) is 0 Å². The third kappa shape index (κ3) is 1.81. The van der Waals surface area contributed by atoms with Crippen molar-refractivity contribution in [1.82, 2.24) is 0 Å². The molecule has 3 heteroatoms. The molecule has 3 rings (SSSR count). The van der Waals surface area contributed by atoms with E-state index in [-0.39, 0.29) is 5.25 Å². The Morgan fingerprint density at radius 1 is 1.06 bits per heavy atom. The van der Waals surface area contributed by atoms with Gasteiger partial charge in [0.05, 0.1) is 10.1 Å². The van der Waals surface area contributed by atoms with E-state index in [9.17, 15) is 8.42 Å². The monoisotopic (exact) mass is 250 g/mol. The van der Waals surface area contributed by atoms with Crippen molar-refractivity contribution < 1.29 is 8.42 Å². The van der Waals surface area contributed by atoms with Gasteiger partial charge in [-0.1, -0.05) is 24.1 Å². The van der Waals surface area contributed by atoms with Crippen LogP contribution in [0.25, 0.3) is 0 Å². The van der Waals surface area contributed by atoms with Crippen molar-refractivity contribution in [3.05, 3.63) is 29.8 Å². The molecule has 3 atom stereocenters. The first-order chi connectivity index (χ1) is 8.07. The topological polar surface area (TPSA) is 34.1 Å². The van der Waals surface area contributed by atoms with Crippen molar-refractivity contribution in [2.75, 3.05) is 0 Å². The third-order valence-electron chi connectivity index (χ3n) is 4.42. The summed E-state index contributed by atoms with van der Waals surface area (Å²) in [4.78, 5) is 0.514. The molecule has 0 amide bonds. The van der Waals surface area contributed by atoms with E-state index in [1.165, 1.54) is 6.42 Å². The molecule has 2 nitrogen and oxygen atoms in total. The molecule has 17 heavy (non-hydrogen) atoms. The fraction of sp³-hybridized carbons (Fsp3) is 0.571. The zero-order valence-corrected chi connectivity index (χ0v) is 10.9. The molecule has 0 radical (unpaired) electrons. The van der Waals surface area contributed by atoms with Gasteiger partial charge in [-0.3, -0.25) is 0 Å². The summed E-state index contributed by atoms with van der Waals surface area (Å²) >= 11 is 0. The van der Waals surface area contributed by atoms with Gasteiger partial charge in [-0.05, 0) is 50.2 Å². The summed E-state index contributed by atoms with van der Waals surface area (Å²) in [6.07, 6.45) is 4.38. The fourth-order valence-electron chi connectivity index (χ4n) is 3.47. The first kappa shape index (κ1) is 11.3. The van der Waals surface area contributed by atoms with Gasteiger partial charge < -0.3 is 0 Å². The van der Waals surface area contributed by atoms with E-state index < -0.39 is 9.84 Å². The largest absolute Gasteiger partial charge is 0.223 e. The van der Waals surface area contributed by atoms with Crippen LogP contribution in [0.5, 0.6) is 0 Å². The van der Waals surface area contributed by atoms with Crippen molar-refractivity contribution in [1.29, 1.82) is 0 Å². The molecule has 0 aliphatic heterocycles. The van der Waals surface area contributed by atoms with E-state index in [0.717, 1.165) is 24.8 Å². The smallest absolute Gasteiger partial charge is 0.181 e. The second-order valence-electron chi connectivity index (χ2n) is 5.57. The minimum Gasteiger partial charge on any atom is -0.223 e. The summed E-state index contributed by atoms with van der Waals surface area (Å²) < 4.78 is 25.1. The molecular weight excluding hydrogens is 232 g/mol. The Balaban J connectivity index is 1.93. The molecule has 2 saturated carbocycles. The van der Waals surface area contributed by atoms with E-state index in [1.807, 2.05) is 19.1 Å². The highest BCUT2D eigenvalue weighted by atomic mass is 32.2. The van der Waals surface area contributed by atoms with Crippen LogP contribution in [-0.4, -0.2) is 13.7 Å². The number of sulfone groups is 1. The van der Waals surface area contributed by atoms with Gasteiger partial charge in [0.2, 0.25) is 0 Å². The minimum absolute atomic E-state index is 0.107. The van der Waals surface area contributed by atoms with Gasteiger partial charge in [-0.25, -0.2) is 8.42 Å². The number of aryl methyl sites for hydroxylation is 1. The zero-order chi connectivity index (χ0) is 12.0. The average Bonchev–Trinajstić information content (AvgIpc) is 2.91. The number of benzene rings is 1. The van der Waals surface area contributed by atoms with Gasteiger partial charge in [0, 0.05) is 0 Å². The standard InChI is InChI=1S/C14H18O2S/c1-10-2-6-13(7-3-10)17(15,16)14-9-11-4-5-12(14)8-11/h2-3,6-7,11-12,14H,4-5,8-9H2,1H3/t11-,12+,14+/m0/s1. The highest BCUT2D eigenvalue weighted by Crippen LogP contribution is 2.48. The normalized spacial score (nSPS) is 31.9. The summed E-state index contributed by atoms with van der Waals surface area (Å²) in [5.41, 5.74) is 1.11. The summed E-state index contributed by atoms with van der Waals surface area (Å²) in [7, 11) is -3.09. The molecular formula is C14H18O2S. The predicted molar refractivity (Wildman–Crippen MR) is 67.6 cm³/mol. The van der Waals surface area contributed by atoms with Crippen molar-refractivity contribution >= 4 is 9.84 Å². The Bertz CT molecular complexity index is 516. The Labute approximate surface area is 103 Å². The molecule has 2 aliphatic carbocycles. The summed E-state index contributed by atoms with van der Waals surface area (Å²) in [5, 5.41) is -0.107. The summed E-state index contributed by atoms with van der Waals surface area (Å²) in [6, 6.07) is 7.30. The van der Waals surface area contributed by atoms with Crippen LogP contribution in [0.2, 0.25) is 0 Å². The van der Waals surface area contributed by atoms with E-state index >= 15 is 0 Å². The second kappa shape index (κ2) is 3.84. The van der Waals surface area contributed by atoms with Gasteiger partial charge in [0.1, 0.15) is 0 Å². The van der Waals surface area contributed by atoms with Crippen LogP contribution >= 0.6 is 0 Å². The van der Waals surface area contributed by atoms with Crippen LogP contribution in [0.1, 0.15) is 31.2 Å². The highest BCUT2D eigenvalue weighted by Gasteiger charge is 2.46. The van der Waals surface area contributed by atoms with E-state index in [1.54, 1.807) is 12.1 Å². The number of hydrogen-bond donors (Lipinski definition) is 0. The first-order valence-corrected chi connectivity index (χ1v) is 7.92. The molecule has 1 aromatic carbocycles. The van der Waals surface area contributed by atoms with Crippen molar-refractivity contribution in [2.24, 2.45) is 11.8 Å². The quantitative estimate of drug-likeness (QED) is 0.808. The van der Waals surface area contributed by atoms with Crippen molar-refractivity contribution in [2.45, 2.75) is 42.8 Å². The van der Waals surface area contributed by atoms with Crippen molar-refractivity contribution in [3.63, 3.8) is 0 Å². The third-order valence-corrected chi connectivity index (χ3v) is 6.73. The Kier molecular flexibility index (Phi) is 2.54. The first-order valence-electron chi connectivity index (χ1n) is 6.38. The maximum Gasteiger partial charge on any atom is 0.181 e. The summed E-state index contributed by atoms with van der Waals surface area (Å²) in [5.74, 6) is 1.09. The molecule has 92 valence electrons. The molecule has 2 aliphatic rings. The molecule has 0 aromatic heterocycles. The zero-order valence-electron chi connectivity index (χ0n) is 10.1. The average molecular weight is 250 g/mol. The van der Waals surface area contributed by atoms with Crippen molar-refractivity contribution in [3.8, 4) is 0 Å². The lowest BCUT2D eigenvalue weighted by molar-refractivity contribution is 0.465. The van der Waals surface area contributed by atoms with Gasteiger partial charge in [0.15, 0.2) is 9.84 Å². The Morgan fingerprint density at radius 3 is 2.29 bits per heavy atom. The van der Waals surface area contributed by atoms with E-state index in [2.05, 4.69) is 0 Å². The minimum atomic E-state index is -3.09. The highest BCUT2D eigenvalue weighted by molar-refractivity contribution is 7.92. The van der Waals surface area contributed by atoms with Crippen LogP contribution < -0.4 is 0 Å². The van der Waals surface area contributed by atoms with Crippen LogP contribution in [0.4, 0.5) is 0 Å². The lowest BCUT2D eigenvalue weighted by atomic mass is 10.0. The number of rotatable bonds is 2. The molecule has 2 fully saturated rings. The lowest BCUT2D eigenvalue weighted by Crippen LogP contribution is -2.27.